The van der Waals surface area contributed by atoms with Gasteiger partial charge in [-0.2, -0.15) is 9.61 Å². The first-order chi connectivity index (χ1) is 9.25. The van der Waals surface area contributed by atoms with Crippen LogP contribution in [-0.2, 0) is 0 Å². The van der Waals surface area contributed by atoms with Crippen LogP contribution >= 0.6 is 22.9 Å². The van der Waals surface area contributed by atoms with Crippen molar-refractivity contribution in [2.24, 2.45) is 0 Å². The van der Waals surface area contributed by atoms with Crippen molar-refractivity contribution < 1.29 is 0 Å². The lowest BCUT2D eigenvalue weighted by Crippen LogP contribution is -2.16. The number of rotatable bonds is 2. The number of aromatic nitrogens is 4. The van der Waals surface area contributed by atoms with E-state index in [0.29, 0.717) is 10.7 Å². The summed E-state index contributed by atoms with van der Waals surface area (Å²) in [5.41, 5.74) is 2.53. The molecule has 0 spiro atoms. The summed E-state index contributed by atoms with van der Waals surface area (Å²) in [6.45, 7) is 0. The van der Waals surface area contributed by atoms with E-state index in [-0.39, 0.29) is 10.6 Å². The van der Waals surface area contributed by atoms with Crippen LogP contribution in [0.25, 0.3) is 17.1 Å². The van der Waals surface area contributed by atoms with Crippen molar-refractivity contribution in [3.63, 3.8) is 0 Å². The summed E-state index contributed by atoms with van der Waals surface area (Å²) in [6.07, 6.45) is 6.90. The molecule has 0 N–H and O–H groups in total. The van der Waals surface area contributed by atoms with Crippen LogP contribution in [0, 0.1) is 0 Å². The fraction of sp³-hybridized carbons (Fsp3) is 0. The monoisotopic (exact) mass is 290 g/mol. The molecule has 3 aromatic heterocycles. The van der Waals surface area contributed by atoms with Crippen LogP contribution in [0.5, 0.6) is 0 Å². The Morgan fingerprint density at radius 1 is 1.37 bits per heavy atom. The van der Waals surface area contributed by atoms with E-state index >= 15 is 0 Å². The second-order valence-electron chi connectivity index (χ2n) is 3.67. The van der Waals surface area contributed by atoms with Gasteiger partial charge in [0.15, 0.2) is 0 Å². The molecule has 0 amide bonds. The highest BCUT2D eigenvalue weighted by atomic mass is 35.5. The van der Waals surface area contributed by atoms with E-state index in [0.717, 1.165) is 5.56 Å². The van der Waals surface area contributed by atoms with E-state index in [2.05, 4.69) is 15.1 Å². The highest BCUT2D eigenvalue weighted by Gasteiger charge is 2.09. The molecule has 0 radical (unpaired) electrons. The third kappa shape index (κ3) is 2.27. The van der Waals surface area contributed by atoms with Crippen molar-refractivity contribution in [3.8, 4) is 0 Å². The SMILES string of the molecule is O=c1c(Cl)c(/C=C/c2cccnc2)nc2scnn12. The Morgan fingerprint density at radius 2 is 2.26 bits per heavy atom. The van der Waals surface area contributed by atoms with Crippen molar-refractivity contribution in [2.45, 2.75) is 0 Å². The third-order valence-corrected chi connectivity index (χ3v) is 3.47. The molecular weight excluding hydrogens is 284 g/mol. The third-order valence-electron chi connectivity index (χ3n) is 2.44. The Balaban J connectivity index is 2.08. The molecule has 0 saturated heterocycles. The lowest BCUT2D eigenvalue weighted by atomic mass is 10.2. The zero-order valence-electron chi connectivity index (χ0n) is 9.52. The van der Waals surface area contributed by atoms with Gasteiger partial charge in [0.1, 0.15) is 10.5 Å². The molecule has 5 nitrogen and oxygen atoms in total. The van der Waals surface area contributed by atoms with Crippen LogP contribution in [0.4, 0.5) is 0 Å². The first-order valence-electron chi connectivity index (χ1n) is 5.36. The van der Waals surface area contributed by atoms with Gasteiger partial charge in [0.2, 0.25) is 4.96 Å². The highest BCUT2D eigenvalue weighted by Crippen LogP contribution is 2.15. The molecular formula is C12H7ClN4OS. The van der Waals surface area contributed by atoms with E-state index in [9.17, 15) is 4.79 Å². The predicted molar refractivity (Wildman–Crippen MR) is 75.3 cm³/mol. The summed E-state index contributed by atoms with van der Waals surface area (Å²) >= 11 is 7.28. The van der Waals surface area contributed by atoms with Crippen molar-refractivity contribution in [2.75, 3.05) is 0 Å². The Kier molecular flexibility index (Phi) is 3.10. The average Bonchev–Trinajstić information content (AvgIpc) is 2.91. The van der Waals surface area contributed by atoms with Crippen LogP contribution in [0.3, 0.4) is 0 Å². The lowest BCUT2D eigenvalue weighted by Gasteiger charge is -1.97. The number of halogens is 1. The Hall–Kier alpha value is -2.05. The second-order valence-corrected chi connectivity index (χ2v) is 4.86. The number of fused-ring (bicyclic) bond motifs is 1. The molecule has 3 heterocycles. The molecule has 0 aromatic carbocycles. The molecule has 0 bridgehead atoms. The predicted octanol–water partition coefficient (Wildman–Crippen LogP) is 2.37. The van der Waals surface area contributed by atoms with Gasteiger partial charge in [-0.3, -0.25) is 9.78 Å². The Bertz CT molecular complexity index is 809. The molecule has 3 rings (SSSR count). The molecule has 3 aromatic rings. The number of nitrogens with zero attached hydrogens (tertiary/aromatic N) is 4. The van der Waals surface area contributed by atoms with Gasteiger partial charge in [0, 0.05) is 12.4 Å². The molecule has 94 valence electrons. The van der Waals surface area contributed by atoms with Gasteiger partial charge >= 0.3 is 0 Å². The van der Waals surface area contributed by atoms with Crippen LogP contribution < -0.4 is 5.56 Å². The summed E-state index contributed by atoms with van der Waals surface area (Å²) in [4.78, 5) is 20.7. The summed E-state index contributed by atoms with van der Waals surface area (Å²) in [5, 5.41) is 3.94. The van der Waals surface area contributed by atoms with Gasteiger partial charge in [0.05, 0.1) is 5.69 Å². The fourth-order valence-corrected chi connectivity index (χ4v) is 2.35. The zero-order valence-corrected chi connectivity index (χ0v) is 11.1. The maximum Gasteiger partial charge on any atom is 0.294 e. The van der Waals surface area contributed by atoms with E-state index in [1.165, 1.54) is 15.9 Å². The van der Waals surface area contributed by atoms with Gasteiger partial charge in [-0.15, -0.1) is 0 Å². The van der Waals surface area contributed by atoms with E-state index < -0.39 is 0 Å². The van der Waals surface area contributed by atoms with Crippen LogP contribution in [0.2, 0.25) is 5.02 Å². The van der Waals surface area contributed by atoms with Gasteiger partial charge in [0.25, 0.3) is 5.56 Å². The Labute approximate surface area is 116 Å². The minimum absolute atomic E-state index is 0.0588. The first kappa shape index (κ1) is 12.0. The number of hydrogen-bond donors (Lipinski definition) is 0. The topological polar surface area (TPSA) is 60.2 Å². The summed E-state index contributed by atoms with van der Waals surface area (Å²) < 4.78 is 1.19. The molecule has 0 aliphatic rings. The summed E-state index contributed by atoms with van der Waals surface area (Å²) in [7, 11) is 0. The molecule has 19 heavy (non-hydrogen) atoms. The van der Waals surface area contributed by atoms with Gasteiger partial charge in [-0.25, -0.2) is 4.98 Å². The van der Waals surface area contributed by atoms with Crippen molar-refractivity contribution in [1.29, 1.82) is 0 Å². The molecule has 0 aliphatic heterocycles. The minimum atomic E-state index is -0.362. The van der Waals surface area contributed by atoms with Gasteiger partial charge in [-0.1, -0.05) is 35.1 Å². The van der Waals surface area contributed by atoms with Gasteiger partial charge in [-0.05, 0) is 17.7 Å². The summed E-state index contributed by atoms with van der Waals surface area (Å²) in [5.74, 6) is 0. The quantitative estimate of drug-likeness (QED) is 0.727. The molecule has 7 heteroatoms. The summed E-state index contributed by atoms with van der Waals surface area (Å²) in [6, 6.07) is 3.73. The number of pyridine rings is 1. The zero-order chi connectivity index (χ0) is 13.2. The molecule has 0 atom stereocenters. The van der Waals surface area contributed by atoms with Crippen LogP contribution in [0.1, 0.15) is 11.3 Å². The normalized spacial score (nSPS) is 11.4. The van der Waals surface area contributed by atoms with E-state index in [1.54, 1.807) is 30.1 Å². The second kappa shape index (κ2) is 4.91. The van der Waals surface area contributed by atoms with Crippen molar-refractivity contribution in [3.05, 3.63) is 56.7 Å². The molecule has 0 fully saturated rings. The van der Waals surface area contributed by atoms with Crippen LogP contribution in [0.15, 0.2) is 34.8 Å². The van der Waals surface area contributed by atoms with Crippen molar-refractivity contribution in [1.82, 2.24) is 19.6 Å². The van der Waals surface area contributed by atoms with E-state index in [4.69, 9.17) is 11.6 Å². The molecule has 0 aliphatic carbocycles. The fourth-order valence-electron chi connectivity index (χ4n) is 1.54. The Morgan fingerprint density at radius 3 is 3.05 bits per heavy atom. The molecule has 0 unspecified atom stereocenters. The van der Waals surface area contributed by atoms with Crippen LogP contribution in [-0.4, -0.2) is 19.6 Å². The highest BCUT2D eigenvalue weighted by molar-refractivity contribution is 7.14. The standard InChI is InChI=1S/C12H7ClN4OS/c13-10-9(4-3-8-2-1-5-14-6-8)16-12-17(11(10)18)15-7-19-12/h1-7H/b4-3+. The smallest absolute Gasteiger partial charge is 0.266 e. The maximum absolute atomic E-state index is 11.9. The minimum Gasteiger partial charge on any atom is -0.266 e. The molecule has 0 saturated carbocycles. The van der Waals surface area contributed by atoms with E-state index in [1.807, 2.05) is 12.1 Å². The average molecular weight is 291 g/mol. The van der Waals surface area contributed by atoms with Crippen molar-refractivity contribution >= 4 is 40.1 Å². The first-order valence-corrected chi connectivity index (χ1v) is 6.61. The van der Waals surface area contributed by atoms with Gasteiger partial charge < -0.3 is 0 Å². The number of hydrogen-bond acceptors (Lipinski definition) is 5. The maximum atomic E-state index is 11.9. The largest absolute Gasteiger partial charge is 0.294 e. The lowest BCUT2D eigenvalue weighted by molar-refractivity contribution is 0.897.